The van der Waals surface area contributed by atoms with Crippen molar-refractivity contribution in [1.82, 2.24) is 5.43 Å². The van der Waals surface area contributed by atoms with Gasteiger partial charge < -0.3 is 5.32 Å². The third kappa shape index (κ3) is 5.27. The lowest BCUT2D eigenvalue weighted by atomic mass is 10.2. The van der Waals surface area contributed by atoms with E-state index in [0.29, 0.717) is 11.3 Å². The minimum atomic E-state index is -0.339. The van der Waals surface area contributed by atoms with E-state index in [1.807, 2.05) is 30.5 Å². The normalized spacial score (nSPS) is 10.5. The highest BCUT2D eigenvalue weighted by Gasteiger charge is 2.05. The van der Waals surface area contributed by atoms with E-state index in [4.69, 9.17) is 0 Å². The molecule has 2 aromatic rings. The molecule has 0 saturated carbocycles. The van der Waals surface area contributed by atoms with Gasteiger partial charge in [-0.15, -0.1) is 11.8 Å². The van der Waals surface area contributed by atoms with Crippen LogP contribution < -0.4 is 10.7 Å². The lowest BCUT2D eigenvalue weighted by molar-refractivity contribution is -0.114. The molecule has 0 spiro atoms. The van der Waals surface area contributed by atoms with Gasteiger partial charge in [0.05, 0.1) is 6.21 Å². The maximum Gasteiger partial charge on any atom is 0.271 e. The SMILES string of the molecule is CSc1ccc(C=NNC(=O)c2cccc(NC(C)=O)c2)cc1. The molecule has 0 aromatic heterocycles. The van der Waals surface area contributed by atoms with Crippen molar-refractivity contribution in [3.8, 4) is 0 Å². The molecule has 2 N–H and O–H groups in total. The smallest absolute Gasteiger partial charge is 0.271 e. The topological polar surface area (TPSA) is 70.6 Å². The highest BCUT2D eigenvalue weighted by Crippen LogP contribution is 2.14. The molecular weight excluding hydrogens is 310 g/mol. The minimum Gasteiger partial charge on any atom is -0.326 e. The first-order chi connectivity index (χ1) is 11.1. The number of anilines is 1. The number of thioether (sulfide) groups is 1. The second-order valence-electron chi connectivity index (χ2n) is 4.73. The van der Waals surface area contributed by atoms with Crippen LogP contribution in [0.3, 0.4) is 0 Å². The first kappa shape index (κ1) is 16.8. The predicted octanol–water partition coefficient (Wildman–Crippen LogP) is 3.13. The van der Waals surface area contributed by atoms with Gasteiger partial charge in [0.1, 0.15) is 0 Å². The van der Waals surface area contributed by atoms with E-state index < -0.39 is 0 Å². The van der Waals surface area contributed by atoms with Crippen molar-refractivity contribution in [2.75, 3.05) is 11.6 Å². The van der Waals surface area contributed by atoms with Crippen LogP contribution >= 0.6 is 11.8 Å². The maximum atomic E-state index is 12.0. The van der Waals surface area contributed by atoms with E-state index in [1.165, 1.54) is 11.8 Å². The van der Waals surface area contributed by atoms with Crippen molar-refractivity contribution in [2.24, 2.45) is 5.10 Å². The number of carbonyl (C=O) groups is 2. The van der Waals surface area contributed by atoms with Gasteiger partial charge in [-0.1, -0.05) is 18.2 Å². The summed E-state index contributed by atoms with van der Waals surface area (Å²) < 4.78 is 0. The number of amides is 2. The first-order valence-electron chi connectivity index (χ1n) is 6.93. The highest BCUT2D eigenvalue weighted by molar-refractivity contribution is 7.98. The summed E-state index contributed by atoms with van der Waals surface area (Å²) in [7, 11) is 0. The van der Waals surface area contributed by atoms with Crippen molar-refractivity contribution in [3.63, 3.8) is 0 Å². The number of hydrogen-bond donors (Lipinski definition) is 2. The van der Waals surface area contributed by atoms with E-state index >= 15 is 0 Å². The van der Waals surface area contributed by atoms with E-state index in [9.17, 15) is 9.59 Å². The minimum absolute atomic E-state index is 0.186. The number of nitrogens with one attached hydrogen (secondary N) is 2. The molecule has 0 saturated heterocycles. The van der Waals surface area contributed by atoms with E-state index in [-0.39, 0.29) is 11.8 Å². The second kappa shape index (κ2) is 8.14. The number of carbonyl (C=O) groups excluding carboxylic acids is 2. The molecule has 0 aliphatic heterocycles. The summed E-state index contributed by atoms with van der Waals surface area (Å²) in [6.07, 6.45) is 3.60. The molecule has 0 heterocycles. The third-order valence-corrected chi connectivity index (χ3v) is 3.68. The molecule has 6 heteroatoms. The average Bonchev–Trinajstić information content (AvgIpc) is 2.55. The van der Waals surface area contributed by atoms with Gasteiger partial charge in [0.15, 0.2) is 0 Å². The number of nitrogens with zero attached hydrogens (tertiary/aromatic N) is 1. The van der Waals surface area contributed by atoms with Gasteiger partial charge in [-0.25, -0.2) is 5.43 Å². The Morgan fingerprint density at radius 1 is 1.13 bits per heavy atom. The Balaban J connectivity index is 1.98. The van der Waals surface area contributed by atoms with E-state index in [1.54, 1.807) is 42.2 Å². The summed E-state index contributed by atoms with van der Waals surface area (Å²) >= 11 is 1.66. The molecule has 2 aromatic carbocycles. The van der Waals surface area contributed by atoms with Crippen molar-refractivity contribution in [1.29, 1.82) is 0 Å². The largest absolute Gasteiger partial charge is 0.326 e. The van der Waals surface area contributed by atoms with Gasteiger partial charge in [-0.2, -0.15) is 5.10 Å². The standard InChI is InChI=1S/C17H17N3O2S/c1-12(21)19-15-5-3-4-14(10-15)17(22)20-18-11-13-6-8-16(23-2)9-7-13/h3-11H,1-2H3,(H,19,21)(H,20,22). The van der Waals surface area contributed by atoms with E-state index in [2.05, 4.69) is 15.8 Å². The zero-order valence-corrected chi connectivity index (χ0v) is 13.7. The second-order valence-corrected chi connectivity index (χ2v) is 5.61. The summed E-state index contributed by atoms with van der Waals surface area (Å²) in [6.45, 7) is 1.42. The van der Waals surface area contributed by atoms with Gasteiger partial charge in [-0.3, -0.25) is 9.59 Å². The number of benzene rings is 2. The molecule has 0 aliphatic rings. The van der Waals surface area contributed by atoms with Crippen LogP contribution in [-0.2, 0) is 4.79 Å². The molecule has 0 atom stereocenters. The third-order valence-electron chi connectivity index (χ3n) is 2.94. The highest BCUT2D eigenvalue weighted by atomic mass is 32.2. The van der Waals surface area contributed by atoms with Crippen LogP contribution in [0.5, 0.6) is 0 Å². The Bertz CT molecular complexity index is 727. The zero-order chi connectivity index (χ0) is 16.7. The van der Waals surface area contributed by atoms with Crippen LogP contribution in [0.25, 0.3) is 0 Å². The van der Waals surface area contributed by atoms with Crippen molar-refractivity contribution < 1.29 is 9.59 Å². The molecule has 2 amide bonds. The molecular formula is C17H17N3O2S. The number of hydrogen-bond acceptors (Lipinski definition) is 4. The molecule has 0 bridgehead atoms. The first-order valence-corrected chi connectivity index (χ1v) is 8.16. The molecule has 0 fully saturated rings. The van der Waals surface area contributed by atoms with Crippen molar-refractivity contribution >= 4 is 35.5 Å². The van der Waals surface area contributed by atoms with Crippen molar-refractivity contribution in [2.45, 2.75) is 11.8 Å². The summed E-state index contributed by atoms with van der Waals surface area (Å²) in [5.74, 6) is -0.525. The lowest BCUT2D eigenvalue weighted by Crippen LogP contribution is -2.18. The van der Waals surface area contributed by atoms with E-state index in [0.717, 1.165) is 5.56 Å². The fourth-order valence-corrected chi connectivity index (χ4v) is 2.27. The Labute approximate surface area is 139 Å². The van der Waals surface area contributed by atoms with Gasteiger partial charge in [0.25, 0.3) is 5.91 Å². The van der Waals surface area contributed by atoms with Crippen LogP contribution in [0.2, 0.25) is 0 Å². The Morgan fingerprint density at radius 3 is 2.52 bits per heavy atom. The fourth-order valence-electron chi connectivity index (χ4n) is 1.86. The molecule has 5 nitrogen and oxygen atoms in total. The summed E-state index contributed by atoms with van der Waals surface area (Å²) in [4.78, 5) is 24.2. The van der Waals surface area contributed by atoms with Crippen LogP contribution in [0, 0.1) is 0 Å². The summed E-state index contributed by atoms with van der Waals surface area (Å²) in [5, 5.41) is 6.58. The van der Waals surface area contributed by atoms with Gasteiger partial charge in [0, 0.05) is 23.1 Å². The summed E-state index contributed by atoms with van der Waals surface area (Å²) in [6, 6.07) is 14.5. The predicted molar refractivity (Wildman–Crippen MR) is 94.0 cm³/mol. The average molecular weight is 327 g/mol. The number of hydrazone groups is 1. The lowest BCUT2D eigenvalue weighted by Gasteiger charge is -2.04. The van der Waals surface area contributed by atoms with Crippen LogP contribution in [-0.4, -0.2) is 24.3 Å². The maximum absolute atomic E-state index is 12.0. The zero-order valence-electron chi connectivity index (χ0n) is 12.9. The van der Waals surface area contributed by atoms with Crippen LogP contribution in [0.15, 0.2) is 58.5 Å². The molecule has 118 valence electrons. The fraction of sp³-hybridized carbons (Fsp3) is 0.118. The molecule has 0 unspecified atom stereocenters. The van der Waals surface area contributed by atoms with Crippen LogP contribution in [0.4, 0.5) is 5.69 Å². The van der Waals surface area contributed by atoms with Gasteiger partial charge in [0.2, 0.25) is 5.91 Å². The van der Waals surface area contributed by atoms with Crippen molar-refractivity contribution in [3.05, 3.63) is 59.7 Å². The molecule has 23 heavy (non-hydrogen) atoms. The Morgan fingerprint density at radius 2 is 1.87 bits per heavy atom. The Hall–Kier alpha value is -2.60. The van der Waals surface area contributed by atoms with Crippen LogP contribution in [0.1, 0.15) is 22.8 Å². The van der Waals surface area contributed by atoms with Gasteiger partial charge >= 0.3 is 0 Å². The molecule has 0 radical (unpaired) electrons. The molecule has 2 rings (SSSR count). The monoisotopic (exact) mass is 327 g/mol. The summed E-state index contributed by atoms with van der Waals surface area (Å²) in [5.41, 5.74) is 4.36. The quantitative estimate of drug-likeness (QED) is 0.503. The van der Waals surface area contributed by atoms with Gasteiger partial charge in [-0.05, 0) is 42.2 Å². The Kier molecular flexibility index (Phi) is 5.94. The molecule has 0 aliphatic carbocycles. The number of rotatable bonds is 5.